The van der Waals surface area contributed by atoms with Gasteiger partial charge in [-0.3, -0.25) is 0 Å². The lowest BCUT2D eigenvalue weighted by Gasteiger charge is -2.15. The molecule has 2 aromatic heterocycles. The third-order valence-corrected chi connectivity index (χ3v) is 3.35. The van der Waals surface area contributed by atoms with Crippen LogP contribution < -0.4 is 11.0 Å². The summed E-state index contributed by atoms with van der Waals surface area (Å²) in [7, 11) is 4.98. The first-order valence-electron chi connectivity index (χ1n) is 6.02. The molecule has 2 aromatic rings. The van der Waals surface area contributed by atoms with Crippen LogP contribution in [0.5, 0.6) is 0 Å². The Labute approximate surface area is 119 Å². The van der Waals surface area contributed by atoms with Gasteiger partial charge in [-0.25, -0.2) is 0 Å². The Morgan fingerprint density at radius 1 is 0.947 bits per heavy atom. The first-order chi connectivity index (χ1) is 8.61. The Morgan fingerprint density at radius 2 is 1.42 bits per heavy atom. The van der Waals surface area contributed by atoms with Crippen molar-refractivity contribution >= 4 is 29.5 Å². The topological polar surface area (TPSA) is 46.5 Å². The highest BCUT2D eigenvalue weighted by Gasteiger charge is 2.21. The summed E-state index contributed by atoms with van der Waals surface area (Å²) < 4.78 is 10.4. The van der Waals surface area contributed by atoms with Crippen LogP contribution in [0, 0.1) is 20.8 Å². The van der Waals surface area contributed by atoms with Crippen LogP contribution in [0.2, 0.25) is 0 Å². The second-order valence-electron chi connectivity index (χ2n) is 5.07. The first-order valence-corrected chi connectivity index (χ1v) is 7.18. The molecule has 0 radical (unpaired) electrons. The molecule has 2 atom stereocenters. The van der Waals surface area contributed by atoms with Crippen LogP contribution in [0.1, 0.15) is 36.5 Å². The quantitative estimate of drug-likeness (QED) is 0.824. The van der Waals surface area contributed by atoms with Crippen LogP contribution >= 0.6 is 18.5 Å². The van der Waals surface area contributed by atoms with Crippen LogP contribution in [0.4, 0.5) is 0 Å². The van der Waals surface area contributed by atoms with Crippen molar-refractivity contribution in [1.29, 1.82) is 0 Å². The molecule has 1 N–H and O–H groups in total. The highest BCUT2D eigenvalue weighted by molar-refractivity contribution is 7.26. The van der Waals surface area contributed by atoms with Crippen molar-refractivity contribution < 1.29 is 13.9 Å². The summed E-state index contributed by atoms with van der Waals surface area (Å²) in [6, 6.07) is 3.83. The summed E-state index contributed by atoms with van der Waals surface area (Å²) >= 11 is 0. The molecular formula is C14H22O3P2. The van der Waals surface area contributed by atoms with Gasteiger partial charge in [-0.05, 0) is 52.3 Å². The molecule has 19 heavy (non-hydrogen) atoms. The molecule has 0 spiro atoms. The van der Waals surface area contributed by atoms with Crippen molar-refractivity contribution in [2.75, 3.05) is 0 Å². The number of aliphatic hydroxyl groups is 1. The molecule has 3 nitrogen and oxygen atoms in total. The van der Waals surface area contributed by atoms with E-state index in [0.717, 1.165) is 28.1 Å². The fourth-order valence-electron chi connectivity index (χ4n) is 1.71. The number of hydrogen-bond donors (Lipinski definition) is 1. The average molecular weight is 300 g/mol. The largest absolute Gasteiger partial charge is 0.462 e. The van der Waals surface area contributed by atoms with Gasteiger partial charge < -0.3 is 13.9 Å². The number of aryl methyl sites for hydroxylation is 3. The van der Waals surface area contributed by atoms with Crippen LogP contribution in [-0.2, 0) is 5.60 Å². The van der Waals surface area contributed by atoms with Crippen molar-refractivity contribution in [3.8, 4) is 0 Å². The van der Waals surface area contributed by atoms with Crippen LogP contribution in [0.25, 0.3) is 0 Å². The SMILES string of the molecule is Cc1cc(P)oc1C.Cc1oc(P)cc1C(C)(C)O. The van der Waals surface area contributed by atoms with Gasteiger partial charge >= 0.3 is 0 Å². The minimum atomic E-state index is -0.803. The summed E-state index contributed by atoms with van der Waals surface area (Å²) in [5.41, 5.74) is 2.94. The second kappa shape index (κ2) is 6.22. The Morgan fingerprint density at radius 3 is 1.58 bits per heavy atom. The lowest BCUT2D eigenvalue weighted by Crippen LogP contribution is -2.15. The number of hydrogen-bond acceptors (Lipinski definition) is 3. The molecule has 0 bridgehead atoms. The lowest BCUT2D eigenvalue weighted by molar-refractivity contribution is 0.0770. The van der Waals surface area contributed by atoms with Crippen LogP contribution in [-0.4, -0.2) is 5.11 Å². The van der Waals surface area contributed by atoms with E-state index in [4.69, 9.17) is 8.83 Å². The molecule has 0 aliphatic heterocycles. The summed E-state index contributed by atoms with van der Waals surface area (Å²) in [5.74, 6) is 1.79. The van der Waals surface area contributed by atoms with Crippen LogP contribution in [0.15, 0.2) is 21.0 Å². The second-order valence-corrected chi connectivity index (χ2v) is 6.20. The molecule has 2 rings (SSSR count). The van der Waals surface area contributed by atoms with E-state index < -0.39 is 5.60 Å². The standard InChI is InChI=1S/C8H13O2P.C6H9OP/c1-5-6(8(2,3)9)4-7(11)10-5;1-4-3-6(8)7-5(4)2/h4,9H,11H2,1-3H3;3H,8H2,1-2H3. The fourth-order valence-corrected chi connectivity index (χ4v) is 2.48. The predicted octanol–water partition coefficient (Wildman–Crippen LogP) is 2.71. The van der Waals surface area contributed by atoms with Crippen molar-refractivity contribution in [3.05, 3.63) is 34.8 Å². The number of furan rings is 2. The maximum Gasteiger partial charge on any atom is 0.120 e. The molecule has 5 heteroatoms. The van der Waals surface area contributed by atoms with E-state index in [9.17, 15) is 5.11 Å². The third-order valence-electron chi connectivity index (χ3n) is 2.78. The summed E-state index contributed by atoms with van der Waals surface area (Å²) in [5, 5.41) is 9.61. The maximum atomic E-state index is 9.61. The Bertz CT molecular complexity index is 528. The zero-order valence-corrected chi connectivity index (χ0v) is 14.4. The minimum absolute atomic E-state index is 0.764. The highest BCUT2D eigenvalue weighted by Crippen LogP contribution is 2.23. The first kappa shape index (κ1) is 16.4. The molecule has 0 saturated carbocycles. The molecule has 0 amide bonds. The van der Waals surface area contributed by atoms with Gasteiger partial charge in [0, 0.05) is 5.56 Å². The van der Waals surface area contributed by atoms with Gasteiger partial charge in [0.15, 0.2) is 0 Å². The van der Waals surface area contributed by atoms with Crippen molar-refractivity contribution in [2.24, 2.45) is 0 Å². The van der Waals surface area contributed by atoms with Crippen molar-refractivity contribution in [1.82, 2.24) is 0 Å². The summed E-state index contributed by atoms with van der Waals surface area (Å²) in [4.78, 5) is 0. The van der Waals surface area contributed by atoms with Gasteiger partial charge in [-0.2, -0.15) is 0 Å². The molecule has 0 fully saturated rings. The molecule has 2 unspecified atom stereocenters. The van der Waals surface area contributed by atoms with E-state index in [1.165, 1.54) is 5.56 Å². The van der Waals surface area contributed by atoms with E-state index in [1.807, 2.05) is 32.9 Å². The predicted molar refractivity (Wildman–Crippen MR) is 85.6 cm³/mol. The van der Waals surface area contributed by atoms with E-state index >= 15 is 0 Å². The van der Waals surface area contributed by atoms with Gasteiger partial charge in [0.05, 0.1) is 5.60 Å². The zero-order chi connectivity index (χ0) is 14.8. The minimum Gasteiger partial charge on any atom is -0.462 e. The molecule has 0 aromatic carbocycles. The molecular weight excluding hydrogens is 278 g/mol. The molecule has 0 aliphatic rings. The molecule has 106 valence electrons. The molecule has 0 saturated heterocycles. The van der Waals surface area contributed by atoms with Crippen LogP contribution in [0.3, 0.4) is 0 Å². The van der Waals surface area contributed by atoms with E-state index in [-0.39, 0.29) is 0 Å². The highest BCUT2D eigenvalue weighted by atomic mass is 31.0. The fraction of sp³-hybridized carbons (Fsp3) is 0.429. The lowest BCUT2D eigenvalue weighted by atomic mass is 10.00. The number of rotatable bonds is 1. The van der Waals surface area contributed by atoms with Crippen molar-refractivity contribution in [2.45, 2.75) is 40.2 Å². The zero-order valence-electron chi connectivity index (χ0n) is 12.1. The Hall–Kier alpha value is -0.620. The third kappa shape index (κ3) is 4.76. The molecule has 2 heterocycles. The van der Waals surface area contributed by atoms with Gasteiger partial charge in [0.25, 0.3) is 0 Å². The Kier molecular flexibility index (Phi) is 5.38. The molecule has 0 aliphatic carbocycles. The van der Waals surface area contributed by atoms with E-state index in [1.54, 1.807) is 13.8 Å². The van der Waals surface area contributed by atoms with Gasteiger partial charge in [-0.15, -0.1) is 0 Å². The van der Waals surface area contributed by atoms with E-state index in [2.05, 4.69) is 18.5 Å². The smallest absolute Gasteiger partial charge is 0.120 e. The maximum absolute atomic E-state index is 9.61. The van der Waals surface area contributed by atoms with Gasteiger partial charge in [-0.1, -0.05) is 18.5 Å². The van der Waals surface area contributed by atoms with Gasteiger partial charge in [0.1, 0.15) is 22.5 Å². The normalized spacial score (nSPS) is 11.2. The van der Waals surface area contributed by atoms with E-state index in [0.29, 0.717) is 0 Å². The summed E-state index contributed by atoms with van der Waals surface area (Å²) in [6.07, 6.45) is 0. The van der Waals surface area contributed by atoms with Gasteiger partial charge in [0.2, 0.25) is 0 Å². The van der Waals surface area contributed by atoms with Crippen molar-refractivity contribution in [3.63, 3.8) is 0 Å². The monoisotopic (exact) mass is 300 g/mol. The average Bonchev–Trinajstić information content (AvgIpc) is 2.70. The Balaban J connectivity index is 0.000000200. The summed E-state index contributed by atoms with van der Waals surface area (Å²) in [6.45, 7) is 9.33.